The van der Waals surface area contributed by atoms with E-state index in [9.17, 15) is 4.79 Å². The van der Waals surface area contributed by atoms with Gasteiger partial charge < -0.3 is 10.1 Å². The van der Waals surface area contributed by atoms with Crippen LogP contribution in [0.1, 0.15) is 16.6 Å². The van der Waals surface area contributed by atoms with Crippen molar-refractivity contribution < 1.29 is 9.53 Å². The Morgan fingerprint density at radius 1 is 1.67 bits per heavy atom. The Balaban J connectivity index is 2.06. The molecule has 0 amide bonds. The van der Waals surface area contributed by atoms with Gasteiger partial charge >= 0.3 is 0 Å². The molecule has 1 aromatic rings. The zero-order chi connectivity index (χ0) is 10.7. The van der Waals surface area contributed by atoms with Gasteiger partial charge in [-0.15, -0.1) is 11.3 Å². The SMILES string of the molecule is CCNC1COCC1C(=O)c1cccs1. The zero-order valence-corrected chi connectivity index (χ0v) is 9.55. The van der Waals surface area contributed by atoms with E-state index in [0.717, 1.165) is 11.4 Å². The minimum Gasteiger partial charge on any atom is -0.379 e. The minimum absolute atomic E-state index is 0.0106. The molecule has 1 saturated heterocycles. The van der Waals surface area contributed by atoms with Crippen LogP contribution in [0.4, 0.5) is 0 Å². The Kier molecular flexibility index (Phi) is 3.51. The summed E-state index contributed by atoms with van der Waals surface area (Å²) < 4.78 is 5.36. The number of Topliss-reactive ketones (excluding diaryl/α,β-unsaturated/α-hetero) is 1. The monoisotopic (exact) mass is 225 g/mol. The molecule has 1 aliphatic rings. The van der Waals surface area contributed by atoms with E-state index in [-0.39, 0.29) is 17.7 Å². The topological polar surface area (TPSA) is 38.3 Å². The Bertz CT molecular complexity index is 323. The number of ketones is 1. The fourth-order valence-electron chi connectivity index (χ4n) is 1.88. The molecule has 2 heterocycles. The number of carbonyl (C=O) groups excluding carboxylic acids is 1. The summed E-state index contributed by atoms with van der Waals surface area (Å²) in [7, 11) is 0. The predicted octanol–water partition coefficient (Wildman–Crippen LogP) is 1.56. The van der Waals surface area contributed by atoms with Crippen LogP contribution in [-0.2, 0) is 4.74 Å². The lowest BCUT2D eigenvalue weighted by atomic mass is 9.97. The highest BCUT2D eigenvalue weighted by molar-refractivity contribution is 7.12. The number of likely N-dealkylation sites (N-methyl/N-ethyl adjacent to an activating group) is 1. The first-order valence-electron chi connectivity index (χ1n) is 5.21. The number of carbonyl (C=O) groups is 1. The van der Waals surface area contributed by atoms with Gasteiger partial charge in [0.25, 0.3) is 0 Å². The Hall–Kier alpha value is -0.710. The highest BCUT2D eigenvalue weighted by atomic mass is 32.1. The first-order valence-corrected chi connectivity index (χ1v) is 6.09. The summed E-state index contributed by atoms with van der Waals surface area (Å²) in [6.07, 6.45) is 0. The molecule has 1 aliphatic heterocycles. The number of rotatable bonds is 4. The molecule has 0 spiro atoms. The van der Waals surface area contributed by atoms with Crippen LogP contribution in [0.3, 0.4) is 0 Å². The van der Waals surface area contributed by atoms with Crippen LogP contribution in [0.5, 0.6) is 0 Å². The first kappa shape index (κ1) is 10.8. The molecule has 2 unspecified atom stereocenters. The van der Waals surface area contributed by atoms with Gasteiger partial charge in [0.05, 0.1) is 24.0 Å². The number of ether oxygens (including phenoxy) is 1. The van der Waals surface area contributed by atoms with E-state index in [1.807, 2.05) is 24.4 Å². The van der Waals surface area contributed by atoms with E-state index in [0.29, 0.717) is 13.2 Å². The number of hydrogen-bond acceptors (Lipinski definition) is 4. The third-order valence-corrected chi connectivity index (χ3v) is 3.53. The molecule has 0 radical (unpaired) electrons. The summed E-state index contributed by atoms with van der Waals surface area (Å²) in [5.74, 6) is 0.206. The third kappa shape index (κ3) is 2.27. The van der Waals surface area contributed by atoms with E-state index in [2.05, 4.69) is 5.32 Å². The van der Waals surface area contributed by atoms with Crippen LogP contribution in [-0.4, -0.2) is 31.6 Å². The van der Waals surface area contributed by atoms with Gasteiger partial charge in [0.15, 0.2) is 5.78 Å². The van der Waals surface area contributed by atoms with Crippen LogP contribution < -0.4 is 5.32 Å². The van der Waals surface area contributed by atoms with Gasteiger partial charge in [-0.25, -0.2) is 0 Å². The first-order chi connectivity index (χ1) is 7.33. The molecule has 1 fully saturated rings. The van der Waals surface area contributed by atoms with E-state index in [4.69, 9.17) is 4.74 Å². The van der Waals surface area contributed by atoms with Gasteiger partial charge in [0, 0.05) is 6.04 Å². The summed E-state index contributed by atoms with van der Waals surface area (Å²) in [6, 6.07) is 3.98. The maximum atomic E-state index is 12.1. The zero-order valence-electron chi connectivity index (χ0n) is 8.73. The minimum atomic E-state index is -0.0106. The lowest BCUT2D eigenvalue weighted by molar-refractivity contribution is 0.0896. The van der Waals surface area contributed by atoms with Gasteiger partial charge in [-0.05, 0) is 18.0 Å². The quantitative estimate of drug-likeness (QED) is 0.790. The molecular weight excluding hydrogens is 210 g/mol. The summed E-state index contributed by atoms with van der Waals surface area (Å²) >= 11 is 1.51. The lowest BCUT2D eigenvalue weighted by Crippen LogP contribution is -2.38. The van der Waals surface area contributed by atoms with Crippen LogP contribution in [0.15, 0.2) is 17.5 Å². The molecule has 3 nitrogen and oxygen atoms in total. The van der Waals surface area contributed by atoms with Crippen molar-refractivity contribution >= 4 is 17.1 Å². The molecule has 0 aliphatic carbocycles. The molecule has 15 heavy (non-hydrogen) atoms. The van der Waals surface area contributed by atoms with Gasteiger partial charge in [-0.1, -0.05) is 13.0 Å². The summed E-state index contributed by atoms with van der Waals surface area (Å²) in [5.41, 5.74) is 0. The van der Waals surface area contributed by atoms with Crippen LogP contribution in [0, 0.1) is 5.92 Å². The van der Waals surface area contributed by atoms with Crippen molar-refractivity contribution in [3.8, 4) is 0 Å². The summed E-state index contributed by atoms with van der Waals surface area (Å²) in [6.45, 7) is 4.12. The van der Waals surface area contributed by atoms with Crippen molar-refractivity contribution in [2.45, 2.75) is 13.0 Å². The van der Waals surface area contributed by atoms with E-state index in [1.54, 1.807) is 0 Å². The van der Waals surface area contributed by atoms with Gasteiger partial charge in [-0.2, -0.15) is 0 Å². The van der Waals surface area contributed by atoms with Crippen LogP contribution in [0.2, 0.25) is 0 Å². The number of nitrogens with one attached hydrogen (secondary N) is 1. The van der Waals surface area contributed by atoms with Crippen molar-refractivity contribution in [1.29, 1.82) is 0 Å². The standard InChI is InChI=1S/C11H15NO2S/c1-2-12-9-7-14-6-8(9)11(13)10-4-3-5-15-10/h3-5,8-9,12H,2,6-7H2,1H3. The molecule has 0 bridgehead atoms. The van der Waals surface area contributed by atoms with E-state index in [1.165, 1.54) is 11.3 Å². The molecule has 0 saturated carbocycles. The Labute approximate surface area is 93.4 Å². The largest absolute Gasteiger partial charge is 0.379 e. The number of hydrogen-bond donors (Lipinski definition) is 1. The Morgan fingerprint density at radius 3 is 3.20 bits per heavy atom. The second-order valence-corrected chi connectivity index (χ2v) is 4.60. The number of thiophene rings is 1. The molecule has 1 aromatic heterocycles. The Morgan fingerprint density at radius 2 is 2.53 bits per heavy atom. The molecule has 0 aromatic carbocycles. The van der Waals surface area contributed by atoms with Crippen molar-refractivity contribution in [3.05, 3.63) is 22.4 Å². The van der Waals surface area contributed by atoms with E-state index < -0.39 is 0 Å². The van der Waals surface area contributed by atoms with E-state index >= 15 is 0 Å². The normalized spacial score (nSPS) is 25.7. The summed E-state index contributed by atoms with van der Waals surface area (Å²) in [5, 5.41) is 5.23. The van der Waals surface area contributed by atoms with Crippen LogP contribution >= 0.6 is 11.3 Å². The molecule has 1 N–H and O–H groups in total. The average Bonchev–Trinajstić information content (AvgIpc) is 2.87. The van der Waals surface area contributed by atoms with Crippen LogP contribution in [0.25, 0.3) is 0 Å². The third-order valence-electron chi connectivity index (χ3n) is 2.65. The molecule has 2 atom stereocenters. The molecule has 4 heteroatoms. The molecule has 2 rings (SSSR count). The van der Waals surface area contributed by atoms with Gasteiger partial charge in [0.2, 0.25) is 0 Å². The van der Waals surface area contributed by atoms with Crippen molar-refractivity contribution in [2.24, 2.45) is 5.92 Å². The highest BCUT2D eigenvalue weighted by Gasteiger charge is 2.34. The second-order valence-electron chi connectivity index (χ2n) is 3.65. The summed E-state index contributed by atoms with van der Waals surface area (Å²) in [4.78, 5) is 12.9. The van der Waals surface area contributed by atoms with Crippen molar-refractivity contribution in [1.82, 2.24) is 5.32 Å². The molecular formula is C11H15NO2S. The van der Waals surface area contributed by atoms with Crippen molar-refractivity contribution in [3.63, 3.8) is 0 Å². The molecule has 82 valence electrons. The van der Waals surface area contributed by atoms with Gasteiger partial charge in [0.1, 0.15) is 0 Å². The maximum Gasteiger partial charge on any atom is 0.179 e. The second kappa shape index (κ2) is 4.88. The fourth-order valence-corrected chi connectivity index (χ4v) is 2.61. The fraction of sp³-hybridized carbons (Fsp3) is 0.545. The van der Waals surface area contributed by atoms with Crippen molar-refractivity contribution in [2.75, 3.05) is 19.8 Å². The smallest absolute Gasteiger partial charge is 0.179 e. The maximum absolute atomic E-state index is 12.1. The lowest BCUT2D eigenvalue weighted by Gasteiger charge is -2.16. The highest BCUT2D eigenvalue weighted by Crippen LogP contribution is 2.21. The van der Waals surface area contributed by atoms with Gasteiger partial charge in [-0.3, -0.25) is 4.79 Å². The average molecular weight is 225 g/mol. The predicted molar refractivity (Wildman–Crippen MR) is 60.4 cm³/mol.